The van der Waals surface area contributed by atoms with E-state index in [0.29, 0.717) is 22.6 Å². The van der Waals surface area contributed by atoms with Crippen molar-refractivity contribution < 1.29 is 39.0 Å². The van der Waals surface area contributed by atoms with Crippen molar-refractivity contribution in [3.05, 3.63) is 88.3 Å². The predicted molar refractivity (Wildman–Crippen MR) is 116 cm³/mol. The zero-order chi connectivity index (χ0) is 23.5. The summed E-state index contributed by atoms with van der Waals surface area (Å²) in [6, 6.07) is 15.1. The molecule has 0 radical (unpaired) electrons. The Morgan fingerprint density at radius 2 is 1.82 bits per heavy atom. The molecule has 0 aromatic heterocycles. The Morgan fingerprint density at radius 1 is 1.03 bits per heavy atom. The van der Waals surface area contributed by atoms with E-state index < -0.39 is 11.2 Å². The molecule has 1 aliphatic rings. The summed E-state index contributed by atoms with van der Waals surface area (Å²) in [4.78, 5) is 25.2. The van der Waals surface area contributed by atoms with Crippen molar-refractivity contribution in [3.8, 4) is 23.0 Å². The number of Topliss-reactive ketones (excluding diaryl/α,β-unsaturated/α-hetero) is 1. The van der Waals surface area contributed by atoms with E-state index in [1.54, 1.807) is 31.4 Å². The third kappa shape index (κ3) is 4.55. The van der Waals surface area contributed by atoms with Crippen molar-refractivity contribution in [2.45, 2.75) is 0 Å². The van der Waals surface area contributed by atoms with Crippen molar-refractivity contribution in [3.63, 3.8) is 0 Å². The maximum Gasteiger partial charge on any atom is 0.343 e. The molecular weight excluding hydrogens is 430 g/mol. The van der Waals surface area contributed by atoms with Crippen LogP contribution in [0, 0.1) is 5.21 Å². The standard InChI is InChI=1S/C24H19NO8/c1-30-17-7-6-14(20(12-17)31-2)11-22-23(26)19-9-8-18(13-21(19)33-22)32-24(27)15-4-3-5-16(10-15)25(28)29/h3-13,25,28H,1-2H3. The Balaban J connectivity index is 1.55. The van der Waals surface area contributed by atoms with Crippen LogP contribution in [0.1, 0.15) is 26.3 Å². The number of carbonyl (C=O) groups excluding carboxylic acids is 2. The van der Waals surface area contributed by atoms with Crippen molar-refractivity contribution in [2.24, 2.45) is 0 Å². The fraction of sp³-hybridized carbons (Fsp3) is 0.0833. The van der Waals surface area contributed by atoms with E-state index in [9.17, 15) is 14.8 Å². The van der Waals surface area contributed by atoms with Gasteiger partial charge < -0.3 is 24.2 Å². The molecular formula is C24H19NO8. The first kappa shape index (κ1) is 22.0. The highest BCUT2D eigenvalue weighted by atomic mass is 16.8. The summed E-state index contributed by atoms with van der Waals surface area (Å²) < 4.78 is 21.6. The van der Waals surface area contributed by atoms with Crippen LogP contribution in [0.2, 0.25) is 0 Å². The van der Waals surface area contributed by atoms with Gasteiger partial charge in [0.1, 0.15) is 23.0 Å². The number of ketones is 1. The van der Waals surface area contributed by atoms with Crippen molar-refractivity contribution >= 4 is 23.5 Å². The Kier molecular flexibility index (Phi) is 6.09. The van der Waals surface area contributed by atoms with Crippen LogP contribution in [0.15, 0.2) is 66.4 Å². The Morgan fingerprint density at radius 3 is 2.55 bits per heavy atom. The van der Waals surface area contributed by atoms with E-state index in [4.69, 9.17) is 24.2 Å². The van der Waals surface area contributed by atoms with E-state index in [1.807, 2.05) is 0 Å². The van der Waals surface area contributed by atoms with Crippen LogP contribution in [0.3, 0.4) is 0 Å². The number of quaternary nitrogens is 1. The number of allylic oxidation sites excluding steroid dienone is 1. The lowest BCUT2D eigenvalue weighted by atomic mass is 10.1. The maximum atomic E-state index is 12.8. The van der Waals surface area contributed by atoms with E-state index >= 15 is 0 Å². The number of esters is 1. The number of fused-ring (bicyclic) bond motifs is 1. The van der Waals surface area contributed by atoms with Gasteiger partial charge in [-0.25, -0.2) is 10.0 Å². The fourth-order valence-corrected chi connectivity index (χ4v) is 3.25. The molecule has 0 saturated carbocycles. The van der Waals surface area contributed by atoms with Crippen LogP contribution in [-0.4, -0.2) is 31.2 Å². The molecule has 0 spiro atoms. The fourth-order valence-electron chi connectivity index (χ4n) is 3.25. The summed E-state index contributed by atoms with van der Waals surface area (Å²) in [6.45, 7) is 0. The van der Waals surface area contributed by atoms with Gasteiger partial charge in [-0.3, -0.25) is 4.79 Å². The minimum absolute atomic E-state index is 0.0314. The Hall–Kier alpha value is -4.18. The minimum Gasteiger partial charge on any atom is -0.595 e. The topological polar surface area (TPSA) is 119 Å². The quantitative estimate of drug-likeness (QED) is 0.255. The van der Waals surface area contributed by atoms with Gasteiger partial charge in [-0.15, -0.1) is 0 Å². The molecule has 9 nitrogen and oxygen atoms in total. The van der Waals surface area contributed by atoms with Crippen LogP contribution in [0.25, 0.3) is 6.08 Å². The summed E-state index contributed by atoms with van der Waals surface area (Å²) in [5.74, 6) is 0.532. The number of carbonyl (C=O) groups is 2. The lowest BCUT2D eigenvalue weighted by molar-refractivity contribution is -0.991. The molecule has 0 bridgehead atoms. The average molecular weight is 449 g/mol. The highest BCUT2D eigenvalue weighted by Crippen LogP contribution is 2.36. The van der Waals surface area contributed by atoms with E-state index in [1.165, 1.54) is 49.6 Å². The average Bonchev–Trinajstić information content (AvgIpc) is 3.13. The maximum absolute atomic E-state index is 12.8. The molecule has 1 unspecified atom stereocenters. The lowest BCUT2D eigenvalue weighted by Crippen LogP contribution is -2.99. The first-order valence-corrected chi connectivity index (χ1v) is 9.75. The summed E-state index contributed by atoms with van der Waals surface area (Å²) in [5.41, 5.74) is 0.997. The van der Waals surface area contributed by atoms with Crippen LogP contribution < -0.4 is 24.2 Å². The summed E-state index contributed by atoms with van der Waals surface area (Å²) in [5, 5.41) is 19.0. The van der Waals surface area contributed by atoms with Gasteiger partial charge in [0.05, 0.1) is 25.3 Å². The second-order valence-electron chi connectivity index (χ2n) is 6.98. The van der Waals surface area contributed by atoms with Crippen LogP contribution in [0.4, 0.5) is 5.69 Å². The zero-order valence-electron chi connectivity index (χ0n) is 17.7. The molecule has 1 heterocycles. The van der Waals surface area contributed by atoms with Crippen LogP contribution >= 0.6 is 0 Å². The Labute approximate surface area is 188 Å². The van der Waals surface area contributed by atoms with Gasteiger partial charge in [-0.2, -0.15) is 5.23 Å². The summed E-state index contributed by atoms with van der Waals surface area (Å²) in [7, 11) is 3.05. The molecule has 0 aliphatic carbocycles. The summed E-state index contributed by atoms with van der Waals surface area (Å²) in [6.07, 6.45) is 1.56. The highest BCUT2D eigenvalue weighted by molar-refractivity contribution is 6.14. The summed E-state index contributed by atoms with van der Waals surface area (Å²) >= 11 is 0. The van der Waals surface area contributed by atoms with Gasteiger partial charge in [-0.1, -0.05) is 6.07 Å². The number of methoxy groups -OCH3 is 2. The first-order chi connectivity index (χ1) is 15.9. The number of hydrogen-bond acceptors (Lipinski definition) is 8. The van der Waals surface area contributed by atoms with Gasteiger partial charge in [0, 0.05) is 29.8 Å². The minimum atomic E-state index is -1.15. The number of rotatable bonds is 6. The molecule has 0 amide bonds. The normalized spacial score (nSPS) is 14.4. The molecule has 1 aliphatic heterocycles. The molecule has 1 atom stereocenters. The van der Waals surface area contributed by atoms with Crippen LogP contribution in [0.5, 0.6) is 23.0 Å². The second kappa shape index (κ2) is 9.13. The zero-order valence-corrected chi connectivity index (χ0v) is 17.7. The molecule has 4 rings (SSSR count). The molecule has 9 heteroatoms. The van der Waals surface area contributed by atoms with Gasteiger partial charge in [0.15, 0.2) is 11.4 Å². The van der Waals surface area contributed by atoms with E-state index in [2.05, 4.69) is 0 Å². The van der Waals surface area contributed by atoms with E-state index in [0.717, 1.165) is 0 Å². The molecule has 3 aromatic carbocycles. The van der Waals surface area contributed by atoms with Crippen molar-refractivity contribution in [2.75, 3.05) is 14.2 Å². The first-order valence-electron chi connectivity index (χ1n) is 9.75. The van der Waals surface area contributed by atoms with Crippen molar-refractivity contribution in [1.82, 2.24) is 0 Å². The highest BCUT2D eigenvalue weighted by Gasteiger charge is 2.28. The smallest absolute Gasteiger partial charge is 0.343 e. The number of ether oxygens (including phenoxy) is 4. The van der Waals surface area contributed by atoms with E-state index in [-0.39, 0.29) is 34.3 Å². The predicted octanol–water partition coefficient (Wildman–Crippen LogP) is 2.94. The third-order valence-electron chi connectivity index (χ3n) is 4.92. The van der Waals surface area contributed by atoms with Gasteiger partial charge in [0.2, 0.25) is 5.78 Å². The number of hydrogen-bond donors (Lipinski definition) is 2. The molecule has 168 valence electrons. The molecule has 0 fully saturated rings. The van der Waals surface area contributed by atoms with Gasteiger partial charge >= 0.3 is 5.97 Å². The molecule has 2 N–H and O–H groups in total. The van der Waals surface area contributed by atoms with Crippen LogP contribution in [-0.2, 0) is 0 Å². The molecule has 0 saturated heterocycles. The molecule has 33 heavy (non-hydrogen) atoms. The SMILES string of the molecule is COc1ccc(C=C2Oc3cc(OC(=O)c4cccc([NH+]([O-])O)c4)ccc3C2=O)c(OC)c1. The largest absolute Gasteiger partial charge is 0.595 e. The van der Waals surface area contributed by atoms with Gasteiger partial charge in [-0.05, 0) is 36.4 Å². The van der Waals surface area contributed by atoms with Gasteiger partial charge in [0.25, 0.3) is 0 Å². The lowest BCUT2D eigenvalue weighted by Gasteiger charge is -2.12. The molecule has 3 aromatic rings. The van der Waals surface area contributed by atoms with Crippen molar-refractivity contribution in [1.29, 1.82) is 0 Å². The monoisotopic (exact) mass is 449 g/mol. The number of nitrogens with one attached hydrogen (secondary N) is 1. The second-order valence-corrected chi connectivity index (χ2v) is 6.98. The Bertz CT molecular complexity index is 1270. The number of benzene rings is 3. The third-order valence-corrected chi connectivity index (χ3v) is 4.92.